The Kier molecular flexibility index (Phi) is 7.13. The van der Waals surface area contributed by atoms with Gasteiger partial charge in [-0.25, -0.2) is 4.79 Å². The summed E-state index contributed by atoms with van der Waals surface area (Å²) in [4.78, 5) is 55.8. The highest BCUT2D eigenvalue weighted by atomic mass is 16.7. The van der Waals surface area contributed by atoms with Gasteiger partial charge >= 0.3 is 11.9 Å². The number of carbonyl (C=O) groups is 4. The third-order valence-electron chi connectivity index (χ3n) is 6.33. The van der Waals surface area contributed by atoms with Crippen molar-refractivity contribution in [2.45, 2.75) is 46.3 Å². The molecule has 2 aliphatic heterocycles. The molecule has 0 radical (unpaired) electrons. The van der Waals surface area contributed by atoms with E-state index in [-0.39, 0.29) is 17.5 Å². The van der Waals surface area contributed by atoms with Gasteiger partial charge in [0.1, 0.15) is 5.70 Å². The Morgan fingerprint density at radius 2 is 1.86 bits per heavy atom. The zero-order valence-corrected chi connectivity index (χ0v) is 21.1. The van der Waals surface area contributed by atoms with Crippen LogP contribution < -0.4 is 5.32 Å². The van der Waals surface area contributed by atoms with E-state index in [1.807, 2.05) is 0 Å². The molecule has 1 saturated heterocycles. The van der Waals surface area contributed by atoms with E-state index in [2.05, 4.69) is 10.3 Å². The molecule has 1 aromatic heterocycles. The predicted octanol–water partition coefficient (Wildman–Crippen LogP) is 2.75. The smallest absolute Gasteiger partial charge is 0.358 e. The minimum absolute atomic E-state index is 0.0383. The van der Waals surface area contributed by atoms with Gasteiger partial charge in [-0.15, -0.1) is 0 Å². The number of β-lactam (4-membered cyclic amide) rings is 1. The van der Waals surface area contributed by atoms with Crippen LogP contribution in [0.25, 0.3) is 5.57 Å². The fourth-order valence-electron chi connectivity index (χ4n) is 4.43. The molecule has 1 aromatic carbocycles. The van der Waals surface area contributed by atoms with Crippen molar-refractivity contribution >= 4 is 35.0 Å². The summed E-state index contributed by atoms with van der Waals surface area (Å²) < 4.78 is 10.3. The van der Waals surface area contributed by atoms with E-state index in [0.717, 1.165) is 0 Å². The van der Waals surface area contributed by atoms with Gasteiger partial charge in [-0.05, 0) is 69.5 Å². The van der Waals surface area contributed by atoms with Crippen LogP contribution in [0, 0.1) is 11.3 Å². The first-order chi connectivity index (χ1) is 17.5. The second kappa shape index (κ2) is 10.1. The van der Waals surface area contributed by atoms with E-state index in [0.29, 0.717) is 28.8 Å². The van der Waals surface area contributed by atoms with Crippen molar-refractivity contribution in [2.24, 2.45) is 11.3 Å². The van der Waals surface area contributed by atoms with Crippen molar-refractivity contribution in [1.29, 1.82) is 0 Å². The third kappa shape index (κ3) is 5.24. The molecule has 3 heterocycles. The number of hydrogen-bond donors (Lipinski definition) is 2. The van der Waals surface area contributed by atoms with Crippen molar-refractivity contribution in [3.8, 4) is 0 Å². The van der Waals surface area contributed by atoms with Crippen LogP contribution >= 0.6 is 0 Å². The van der Waals surface area contributed by atoms with Gasteiger partial charge in [-0.1, -0.05) is 12.1 Å². The van der Waals surface area contributed by atoms with E-state index < -0.39 is 42.2 Å². The molecule has 194 valence electrons. The number of aliphatic hydroxyl groups excluding tert-OH is 1. The average Bonchev–Trinajstić information content (AvgIpc) is 3.19. The topological polar surface area (TPSA) is 135 Å². The molecule has 0 bridgehead atoms. The molecule has 4 rings (SSSR count). The molecule has 10 nitrogen and oxygen atoms in total. The molecule has 2 aromatic rings. The fourth-order valence-corrected chi connectivity index (χ4v) is 4.43. The first-order valence-electron chi connectivity index (χ1n) is 11.9. The highest BCUT2D eigenvalue weighted by Crippen LogP contribution is 2.47. The van der Waals surface area contributed by atoms with Gasteiger partial charge in [0.25, 0.3) is 5.91 Å². The lowest BCUT2D eigenvalue weighted by Gasteiger charge is -2.44. The normalized spacial score (nSPS) is 19.6. The molecule has 0 aliphatic carbocycles. The molecule has 2 aliphatic rings. The summed E-state index contributed by atoms with van der Waals surface area (Å²) in [7, 11) is 0. The molecule has 0 saturated carbocycles. The summed E-state index contributed by atoms with van der Waals surface area (Å²) >= 11 is 0. The molecule has 0 unspecified atom stereocenters. The lowest BCUT2D eigenvalue weighted by molar-refractivity contribution is -0.175. The second-order valence-corrected chi connectivity index (χ2v) is 10.1. The van der Waals surface area contributed by atoms with Gasteiger partial charge in [0.15, 0.2) is 0 Å². The van der Waals surface area contributed by atoms with Crippen LogP contribution in [0.15, 0.2) is 54.5 Å². The van der Waals surface area contributed by atoms with Crippen molar-refractivity contribution < 1.29 is 33.8 Å². The van der Waals surface area contributed by atoms with E-state index >= 15 is 0 Å². The maximum absolute atomic E-state index is 13.1. The number of anilines is 1. The summed E-state index contributed by atoms with van der Waals surface area (Å²) in [5, 5.41) is 12.9. The Morgan fingerprint density at radius 1 is 1.16 bits per heavy atom. The van der Waals surface area contributed by atoms with E-state index in [1.165, 1.54) is 24.2 Å². The SMILES string of the molecule is C[C@@H](O)[C@H]1C(=O)N2C(C(=O)OCOC(=O)C(C)(C)C)=C(c3cccc(NC(=O)c4ccncc4)c3)C[C@H]12. The Bertz CT molecular complexity index is 1260. The lowest BCUT2D eigenvalue weighted by Crippen LogP contribution is -2.61. The summed E-state index contributed by atoms with van der Waals surface area (Å²) in [6, 6.07) is 9.67. The number of nitrogens with zero attached hydrogens (tertiary/aromatic N) is 2. The first kappa shape index (κ1) is 26.0. The standard InChI is InChI=1S/C27H29N3O7/c1-15(31)21-20-13-19(17-6-5-7-18(12-17)29-23(32)16-8-10-28-11-9-16)22(30(20)24(21)33)25(34)36-14-37-26(35)27(2,3)4/h5-12,15,20-21,31H,13-14H2,1-4H3,(H,29,32)/t15-,20-,21-/m1/s1. The number of rotatable bonds is 7. The number of benzene rings is 1. The number of nitrogens with one attached hydrogen (secondary N) is 1. The van der Waals surface area contributed by atoms with Crippen LogP contribution in [0.3, 0.4) is 0 Å². The van der Waals surface area contributed by atoms with Gasteiger partial charge in [-0.2, -0.15) is 0 Å². The molecule has 2 amide bonds. The molecule has 10 heteroatoms. The number of pyridine rings is 1. The van der Waals surface area contributed by atoms with Crippen LogP contribution in [0.4, 0.5) is 5.69 Å². The van der Waals surface area contributed by atoms with E-state index in [4.69, 9.17) is 9.47 Å². The number of fused-ring (bicyclic) bond motifs is 1. The molecule has 2 N–H and O–H groups in total. The van der Waals surface area contributed by atoms with Gasteiger partial charge in [0.2, 0.25) is 12.7 Å². The van der Waals surface area contributed by atoms with Crippen molar-refractivity contribution in [1.82, 2.24) is 9.88 Å². The van der Waals surface area contributed by atoms with E-state index in [9.17, 15) is 24.3 Å². The zero-order valence-electron chi connectivity index (χ0n) is 21.1. The van der Waals surface area contributed by atoms with Crippen molar-refractivity contribution in [2.75, 3.05) is 12.1 Å². The summed E-state index contributed by atoms with van der Waals surface area (Å²) in [5.41, 5.74) is 1.34. The highest BCUT2D eigenvalue weighted by molar-refractivity contribution is 6.07. The number of aliphatic hydroxyl groups is 1. The number of esters is 2. The lowest BCUT2D eigenvalue weighted by atomic mass is 9.82. The van der Waals surface area contributed by atoms with Crippen molar-refractivity contribution in [3.63, 3.8) is 0 Å². The van der Waals surface area contributed by atoms with Crippen LogP contribution in [0.5, 0.6) is 0 Å². The molecule has 0 spiro atoms. The minimum Gasteiger partial charge on any atom is -0.427 e. The quantitative estimate of drug-likeness (QED) is 0.332. The average molecular weight is 508 g/mol. The molecule has 1 fully saturated rings. The van der Waals surface area contributed by atoms with Crippen LogP contribution in [-0.4, -0.2) is 57.7 Å². The molecular formula is C27H29N3O7. The first-order valence-corrected chi connectivity index (χ1v) is 11.9. The van der Waals surface area contributed by atoms with Gasteiger partial charge < -0.3 is 24.8 Å². The van der Waals surface area contributed by atoms with Crippen LogP contribution in [-0.2, 0) is 23.9 Å². The Labute approximate surface area is 214 Å². The maximum atomic E-state index is 13.1. The van der Waals surface area contributed by atoms with Gasteiger partial charge in [0, 0.05) is 23.6 Å². The van der Waals surface area contributed by atoms with Gasteiger partial charge in [0.05, 0.1) is 23.5 Å². The predicted molar refractivity (Wildman–Crippen MR) is 132 cm³/mol. The molecule has 37 heavy (non-hydrogen) atoms. The molecule has 3 atom stereocenters. The number of carbonyl (C=O) groups excluding carboxylic acids is 4. The summed E-state index contributed by atoms with van der Waals surface area (Å²) in [5.74, 6) is -2.70. The Balaban J connectivity index is 1.60. The number of aromatic nitrogens is 1. The second-order valence-electron chi connectivity index (χ2n) is 10.1. The maximum Gasteiger partial charge on any atom is 0.358 e. The Morgan fingerprint density at radius 3 is 2.51 bits per heavy atom. The fraction of sp³-hybridized carbons (Fsp3) is 0.370. The van der Waals surface area contributed by atoms with Crippen LogP contribution in [0.2, 0.25) is 0 Å². The van der Waals surface area contributed by atoms with Crippen LogP contribution in [0.1, 0.15) is 50.0 Å². The number of ether oxygens (including phenoxy) is 2. The monoisotopic (exact) mass is 507 g/mol. The third-order valence-corrected chi connectivity index (χ3v) is 6.33. The largest absolute Gasteiger partial charge is 0.427 e. The summed E-state index contributed by atoms with van der Waals surface area (Å²) in [6.07, 6.45) is 2.47. The zero-order chi connectivity index (χ0) is 26.9. The Hall–Kier alpha value is -4.05. The van der Waals surface area contributed by atoms with Crippen molar-refractivity contribution in [3.05, 3.63) is 65.6 Å². The number of hydrogen-bond acceptors (Lipinski definition) is 8. The van der Waals surface area contributed by atoms with E-state index in [1.54, 1.807) is 57.2 Å². The minimum atomic E-state index is -0.885. The highest BCUT2D eigenvalue weighted by Gasteiger charge is 2.57. The number of amides is 2. The molecular weight excluding hydrogens is 478 g/mol. The van der Waals surface area contributed by atoms with Gasteiger partial charge in [-0.3, -0.25) is 19.4 Å². The summed E-state index contributed by atoms with van der Waals surface area (Å²) in [6.45, 7) is 5.97.